The van der Waals surface area contributed by atoms with E-state index >= 15 is 0 Å². The summed E-state index contributed by atoms with van der Waals surface area (Å²) in [6.45, 7) is 4.54. The summed E-state index contributed by atoms with van der Waals surface area (Å²) in [6.07, 6.45) is -4.51. The number of hydrogen-bond donors (Lipinski definition) is 1. The van der Waals surface area contributed by atoms with E-state index in [0.29, 0.717) is 15.9 Å². The van der Waals surface area contributed by atoms with Gasteiger partial charge in [-0.1, -0.05) is 60.5 Å². The molecule has 0 spiro atoms. The molecule has 0 saturated carbocycles. The van der Waals surface area contributed by atoms with Crippen LogP contribution in [0.1, 0.15) is 35.6 Å². The first-order valence-electron chi connectivity index (χ1n) is 12.6. The van der Waals surface area contributed by atoms with Crippen molar-refractivity contribution in [2.75, 3.05) is 17.9 Å². The Kier molecular flexibility index (Phi) is 9.62. The number of alkyl halides is 3. The molecular weight excluding hydrogens is 543 g/mol. The molecule has 0 unspecified atom stereocenters. The van der Waals surface area contributed by atoms with Gasteiger partial charge < -0.3 is 10.2 Å². The number of halogens is 3. The molecule has 0 aromatic heterocycles. The second-order valence-corrected chi connectivity index (χ2v) is 11.3. The van der Waals surface area contributed by atoms with Crippen LogP contribution in [0.4, 0.5) is 18.9 Å². The predicted octanol–water partition coefficient (Wildman–Crippen LogP) is 5.07. The molecule has 1 atom stereocenters. The fourth-order valence-electron chi connectivity index (χ4n) is 4.18. The molecule has 0 aliphatic carbocycles. The maximum Gasteiger partial charge on any atom is 0.416 e. The zero-order valence-electron chi connectivity index (χ0n) is 22.7. The predicted molar refractivity (Wildman–Crippen MR) is 147 cm³/mol. The first kappa shape index (κ1) is 30.7. The fourth-order valence-corrected chi connectivity index (χ4v) is 5.59. The Morgan fingerprint density at radius 3 is 2.02 bits per heavy atom. The normalized spacial score (nSPS) is 12.5. The SMILES string of the molecule is CC[C@H](C(=O)NC)N(Cc1ccc(C)cc1)C(=O)CN(c1cccc(C(F)(F)F)c1)S(=O)(=O)c1ccc(C)cc1. The van der Waals surface area contributed by atoms with Crippen LogP contribution in [0, 0.1) is 13.8 Å². The van der Waals surface area contributed by atoms with Gasteiger partial charge in [0.15, 0.2) is 0 Å². The zero-order chi connectivity index (χ0) is 29.7. The van der Waals surface area contributed by atoms with Crippen LogP contribution in [0.5, 0.6) is 0 Å². The molecule has 3 aromatic carbocycles. The molecule has 0 saturated heterocycles. The van der Waals surface area contributed by atoms with Crippen molar-refractivity contribution in [1.82, 2.24) is 10.2 Å². The van der Waals surface area contributed by atoms with Gasteiger partial charge in [-0.15, -0.1) is 0 Å². The Hall–Kier alpha value is -3.86. The van der Waals surface area contributed by atoms with E-state index in [1.54, 1.807) is 38.1 Å². The molecule has 0 heterocycles. The van der Waals surface area contributed by atoms with E-state index in [2.05, 4.69) is 5.32 Å². The molecular formula is C29H32F3N3O4S. The topological polar surface area (TPSA) is 86.8 Å². The number of carbonyl (C=O) groups is 2. The molecule has 0 aliphatic rings. The van der Waals surface area contributed by atoms with Crippen LogP contribution in [0.25, 0.3) is 0 Å². The average Bonchev–Trinajstić information content (AvgIpc) is 2.92. The number of likely N-dealkylation sites (N-methyl/N-ethyl adjacent to an activating group) is 1. The highest BCUT2D eigenvalue weighted by atomic mass is 32.2. The van der Waals surface area contributed by atoms with Crippen LogP contribution >= 0.6 is 0 Å². The van der Waals surface area contributed by atoms with Crippen LogP contribution in [0.3, 0.4) is 0 Å². The van der Waals surface area contributed by atoms with Gasteiger partial charge in [0.1, 0.15) is 12.6 Å². The van der Waals surface area contributed by atoms with Gasteiger partial charge in [-0.05, 0) is 56.2 Å². The third kappa shape index (κ3) is 7.20. The summed E-state index contributed by atoms with van der Waals surface area (Å²) in [6, 6.07) is 15.9. The molecule has 0 aliphatic heterocycles. The van der Waals surface area contributed by atoms with E-state index in [9.17, 15) is 31.2 Å². The molecule has 2 amide bonds. The number of anilines is 1. The second-order valence-electron chi connectivity index (χ2n) is 9.42. The van der Waals surface area contributed by atoms with E-state index in [1.165, 1.54) is 30.1 Å². The van der Waals surface area contributed by atoms with Crippen molar-refractivity contribution in [3.8, 4) is 0 Å². The number of carbonyl (C=O) groups excluding carboxylic acids is 2. The van der Waals surface area contributed by atoms with Crippen molar-refractivity contribution in [3.63, 3.8) is 0 Å². The second kappa shape index (κ2) is 12.5. The van der Waals surface area contributed by atoms with Gasteiger partial charge in [-0.3, -0.25) is 13.9 Å². The third-order valence-electron chi connectivity index (χ3n) is 6.46. The van der Waals surface area contributed by atoms with E-state index in [1.807, 2.05) is 19.1 Å². The molecule has 0 fully saturated rings. The minimum absolute atomic E-state index is 0.00789. The summed E-state index contributed by atoms with van der Waals surface area (Å²) < 4.78 is 68.9. The number of hydrogen-bond acceptors (Lipinski definition) is 4. The Morgan fingerprint density at radius 1 is 0.925 bits per heavy atom. The lowest BCUT2D eigenvalue weighted by Gasteiger charge is -2.33. The van der Waals surface area contributed by atoms with Crippen LogP contribution in [0.2, 0.25) is 0 Å². The average molecular weight is 576 g/mol. The van der Waals surface area contributed by atoms with Crippen LogP contribution in [-0.2, 0) is 32.3 Å². The maximum atomic E-state index is 13.9. The van der Waals surface area contributed by atoms with Crippen LogP contribution in [0.15, 0.2) is 77.7 Å². The van der Waals surface area contributed by atoms with Crippen molar-refractivity contribution in [3.05, 3.63) is 95.1 Å². The monoisotopic (exact) mass is 575 g/mol. The number of nitrogens with one attached hydrogen (secondary N) is 1. The minimum Gasteiger partial charge on any atom is -0.357 e. The number of aryl methyl sites for hydroxylation is 2. The van der Waals surface area contributed by atoms with Crippen molar-refractivity contribution < 1.29 is 31.2 Å². The van der Waals surface area contributed by atoms with E-state index in [4.69, 9.17) is 0 Å². The van der Waals surface area contributed by atoms with Crippen molar-refractivity contribution in [1.29, 1.82) is 0 Å². The molecule has 1 N–H and O–H groups in total. The van der Waals surface area contributed by atoms with E-state index in [0.717, 1.165) is 23.3 Å². The van der Waals surface area contributed by atoms with Crippen molar-refractivity contribution >= 4 is 27.5 Å². The van der Waals surface area contributed by atoms with Crippen molar-refractivity contribution in [2.24, 2.45) is 0 Å². The number of benzene rings is 3. The summed E-state index contributed by atoms with van der Waals surface area (Å²) >= 11 is 0. The molecule has 3 rings (SSSR count). The molecule has 0 radical (unpaired) electrons. The quantitative estimate of drug-likeness (QED) is 0.366. The summed E-state index contributed by atoms with van der Waals surface area (Å²) in [5.74, 6) is -1.20. The Morgan fingerprint density at radius 2 is 1.50 bits per heavy atom. The van der Waals surface area contributed by atoms with Gasteiger partial charge in [0.05, 0.1) is 16.1 Å². The largest absolute Gasteiger partial charge is 0.416 e. The Bertz CT molecular complexity index is 1440. The van der Waals surface area contributed by atoms with Gasteiger partial charge in [0.25, 0.3) is 10.0 Å². The maximum absolute atomic E-state index is 13.9. The van der Waals surface area contributed by atoms with Gasteiger partial charge >= 0.3 is 6.18 Å². The standard InChI is InChI=1S/C29H32F3N3O4S/c1-5-26(28(37)33-4)34(18-22-13-9-20(2)10-14-22)27(36)19-35(24-8-6-7-23(17-24)29(30,31)32)40(38,39)25-15-11-21(3)12-16-25/h6-17,26H,5,18-19H2,1-4H3,(H,33,37)/t26-/m1/s1. The molecule has 7 nitrogen and oxygen atoms in total. The lowest BCUT2D eigenvalue weighted by Crippen LogP contribution is -2.51. The van der Waals surface area contributed by atoms with Gasteiger partial charge in [0.2, 0.25) is 11.8 Å². The van der Waals surface area contributed by atoms with Gasteiger partial charge in [0, 0.05) is 13.6 Å². The van der Waals surface area contributed by atoms with E-state index < -0.39 is 46.2 Å². The lowest BCUT2D eigenvalue weighted by molar-refractivity contribution is -0.140. The van der Waals surface area contributed by atoms with E-state index in [-0.39, 0.29) is 23.5 Å². The Labute approximate surface area is 232 Å². The number of amides is 2. The van der Waals surface area contributed by atoms with Gasteiger partial charge in [-0.25, -0.2) is 8.42 Å². The summed E-state index contributed by atoms with van der Waals surface area (Å²) in [5.41, 5.74) is 1.08. The lowest BCUT2D eigenvalue weighted by atomic mass is 10.1. The summed E-state index contributed by atoms with van der Waals surface area (Å²) in [4.78, 5) is 27.7. The third-order valence-corrected chi connectivity index (χ3v) is 8.24. The van der Waals surface area contributed by atoms with Crippen LogP contribution in [-0.4, -0.2) is 44.8 Å². The first-order valence-corrected chi connectivity index (χ1v) is 14.0. The molecule has 11 heteroatoms. The number of sulfonamides is 1. The van der Waals surface area contributed by atoms with Crippen molar-refractivity contribution in [2.45, 2.75) is 50.9 Å². The minimum atomic E-state index is -4.73. The number of nitrogens with zero attached hydrogens (tertiary/aromatic N) is 2. The first-order chi connectivity index (χ1) is 18.8. The molecule has 0 bridgehead atoms. The summed E-state index contributed by atoms with van der Waals surface area (Å²) in [7, 11) is -3.05. The molecule has 214 valence electrons. The molecule has 3 aromatic rings. The highest BCUT2D eigenvalue weighted by Gasteiger charge is 2.35. The highest BCUT2D eigenvalue weighted by Crippen LogP contribution is 2.33. The number of rotatable bonds is 10. The Balaban J connectivity index is 2.11. The fraction of sp³-hybridized carbons (Fsp3) is 0.310. The smallest absolute Gasteiger partial charge is 0.357 e. The zero-order valence-corrected chi connectivity index (χ0v) is 23.5. The highest BCUT2D eigenvalue weighted by molar-refractivity contribution is 7.92. The summed E-state index contributed by atoms with van der Waals surface area (Å²) in [5, 5.41) is 2.53. The van der Waals surface area contributed by atoms with Gasteiger partial charge in [-0.2, -0.15) is 13.2 Å². The van der Waals surface area contributed by atoms with Crippen LogP contribution < -0.4 is 9.62 Å². The molecule has 40 heavy (non-hydrogen) atoms.